The zero-order valence-electron chi connectivity index (χ0n) is 19.4. The summed E-state index contributed by atoms with van der Waals surface area (Å²) in [4.78, 5) is 27.3. The van der Waals surface area contributed by atoms with Gasteiger partial charge in [-0.25, -0.2) is 4.79 Å². The predicted octanol–water partition coefficient (Wildman–Crippen LogP) is 4.29. The molecule has 7 heteroatoms. The number of phenolic OH excluding ortho intramolecular Hbond substituents is 1. The minimum atomic E-state index is -2.15. The molecule has 0 saturated carbocycles. The Balaban J connectivity index is 1.41. The van der Waals surface area contributed by atoms with Gasteiger partial charge in [0, 0.05) is 24.2 Å². The van der Waals surface area contributed by atoms with Gasteiger partial charge in [-0.3, -0.25) is 9.36 Å². The molecule has 4 aromatic carbocycles. The highest BCUT2D eigenvalue weighted by atomic mass is 16.4. The van der Waals surface area contributed by atoms with E-state index in [2.05, 4.69) is 0 Å². The van der Waals surface area contributed by atoms with Crippen molar-refractivity contribution in [1.82, 2.24) is 4.57 Å². The fourth-order valence-corrected chi connectivity index (χ4v) is 4.92. The Morgan fingerprint density at radius 3 is 2.25 bits per heavy atom. The van der Waals surface area contributed by atoms with Gasteiger partial charge in [0.15, 0.2) is 5.58 Å². The Kier molecular flexibility index (Phi) is 4.84. The average Bonchev–Trinajstić information content (AvgIpc) is 3.30. The predicted molar refractivity (Wildman–Crippen MR) is 136 cm³/mol. The highest BCUT2D eigenvalue weighted by molar-refractivity contribution is 6.09. The minimum Gasteiger partial charge on any atom is -0.507 e. The number of fused-ring (bicyclic) bond motifs is 2. The molecule has 6 rings (SSSR count). The second kappa shape index (κ2) is 7.96. The standard InChI is InChI=1S/C29H22N2O5/c1-30-24-16-25(32)22(15-26(24)36-28(30)34)29(35)21-9-5-6-10-23(21)31(27(29)33)17-18-11-13-20(14-12-18)19-7-3-2-4-8-19/h2-16,32,35H,17H2,1H3. The van der Waals surface area contributed by atoms with E-state index in [-0.39, 0.29) is 23.4 Å². The number of amides is 1. The third-order valence-corrected chi connectivity index (χ3v) is 6.84. The number of aryl methyl sites for hydroxylation is 1. The van der Waals surface area contributed by atoms with Crippen LogP contribution in [-0.4, -0.2) is 20.7 Å². The van der Waals surface area contributed by atoms with Gasteiger partial charge in [-0.15, -0.1) is 0 Å². The van der Waals surface area contributed by atoms with Crippen molar-refractivity contribution in [3.63, 3.8) is 0 Å². The van der Waals surface area contributed by atoms with Gasteiger partial charge < -0.3 is 19.5 Å². The molecule has 1 atom stereocenters. The van der Waals surface area contributed by atoms with Gasteiger partial charge in [-0.2, -0.15) is 0 Å². The molecule has 0 bridgehead atoms. The van der Waals surface area contributed by atoms with Crippen LogP contribution in [0.2, 0.25) is 0 Å². The van der Waals surface area contributed by atoms with Gasteiger partial charge >= 0.3 is 5.76 Å². The van der Waals surface area contributed by atoms with Gasteiger partial charge in [-0.1, -0.05) is 72.8 Å². The van der Waals surface area contributed by atoms with Crippen LogP contribution in [0.1, 0.15) is 16.7 Å². The summed E-state index contributed by atoms with van der Waals surface area (Å²) >= 11 is 0. The number of benzene rings is 4. The molecule has 1 aliphatic heterocycles. The number of carbonyl (C=O) groups is 1. The van der Waals surface area contributed by atoms with E-state index < -0.39 is 17.3 Å². The summed E-state index contributed by atoms with van der Waals surface area (Å²) in [6.45, 7) is 0.233. The van der Waals surface area contributed by atoms with E-state index in [1.165, 1.54) is 28.6 Å². The Labute approximate surface area is 206 Å². The SMILES string of the molecule is Cn1c(=O)oc2cc(C3(O)C(=O)N(Cc4ccc(-c5ccccc5)cc4)c4ccccc43)c(O)cc21. The third-order valence-electron chi connectivity index (χ3n) is 6.84. The maximum atomic E-state index is 13.8. The second-order valence-corrected chi connectivity index (χ2v) is 8.95. The van der Waals surface area contributed by atoms with Crippen LogP contribution in [0.4, 0.5) is 5.69 Å². The lowest BCUT2D eigenvalue weighted by Gasteiger charge is -2.24. The number of rotatable bonds is 4. The summed E-state index contributed by atoms with van der Waals surface area (Å²) in [6.07, 6.45) is 0. The normalized spacial score (nSPS) is 17.1. The molecule has 1 amide bonds. The molecule has 5 aromatic rings. The number of nitrogens with zero attached hydrogens (tertiary/aromatic N) is 2. The first-order valence-corrected chi connectivity index (χ1v) is 11.5. The van der Waals surface area contributed by atoms with Crippen molar-refractivity contribution in [1.29, 1.82) is 0 Å². The highest BCUT2D eigenvalue weighted by Gasteiger charge is 2.52. The van der Waals surface area contributed by atoms with Crippen molar-refractivity contribution in [3.05, 3.63) is 118 Å². The van der Waals surface area contributed by atoms with Crippen molar-refractivity contribution < 1.29 is 19.4 Å². The number of oxazole rings is 1. The maximum Gasteiger partial charge on any atom is 0.419 e. The van der Waals surface area contributed by atoms with E-state index in [1.807, 2.05) is 54.6 Å². The highest BCUT2D eigenvalue weighted by Crippen LogP contribution is 2.48. The van der Waals surface area contributed by atoms with Crippen molar-refractivity contribution in [2.75, 3.05) is 4.90 Å². The second-order valence-electron chi connectivity index (χ2n) is 8.95. The lowest BCUT2D eigenvalue weighted by molar-refractivity contribution is -0.132. The summed E-state index contributed by atoms with van der Waals surface area (Å²) in [7, 11) is 1.52. The first-order chi connectivity index (χ1) is 17.4. The number of hydrogen-bond donors (Lipinski definition) is 2. The molecular formula is C29H22N2O5. The Morgan fingerprint density at radius 2 is 1.50 bits per heavy atom. The van der Waals surface area contributed by atoms with Gasteiger partial charge in [0.2, 0.25) is 5.60 Å². The summed E-state index contributed by atoms with van der Waals surface area (Å²) in [5.74, 6) is -1.50. The van der Waals surface area contributed by atoms with Crippen LogP contribution >= 0.6 is 0 Å². The summed E-state index contributed by atoms with van der Waals surface area (Å²) < 4.78 is 6.50. The lowest BCUT2D eigenvalue weighted by Crippen LogP contribution is -2.41. The molecule has 1 aromatic heterocycles. The average molecular weight is 479 g/mol. The summed E-state index contributed by atoms with van der Waals surface area (Å²) in [5.41, 5.74) is 2.29. The summed E-state index contributed by atoms with van der Waals surface area (Å²) in [6, 6.07) is 27.6. The summed E-state index contributed by atoms with van der Waals surface area (Å²) in [5, 5.41) is 22.7. The first kappa shape index (κ1) is 21.9. The van der Waals surface area contributed by atoms with Crippen LogP contribution < -0.4 is 10.7 Å². The quantitative estimate of drug-likeness (QED) is 0.402. The van der Waals surface area contributed by atoms with Crippen molar-refractivity contribution in [2.45, 2.75) is 12.1 Å². The molecule has 36 heavy (non-hydrogen) atoms. The van der Waals surface area contributed by atoms with E-state index in [9.17, 15) is 19.8 Å². The molecular weight excluding hydrogens is 456 g/mol. The molecule has 7 nitrogen and oxygen atoms in total. The Bertz CT molecular complexity index is 1690. The lowest BCUT2D eigenvalue weighted by atomic mass is 9.86. The Morgan fingerprint density at radius 1 is 0.833 bits per heavy atom. The number of hydrogen-bond acceptors (Lipinski definition) is 5. The smallest absolute Gasteiger partial charge is 0.419 e. The number of phenols is 1. The van der Waals surface area contributed by atoms with Crippen molar-refractivity contribution in [3.8, 4) is 16.9 Å². The van der Waals surface area contributed by atoms with Gasteiger partial charge in [0.1, 0.15) is 5.75 Å². The van der Waals surface area contributed by atoms with E-state index in [0.29, 0.717) is 16.8 Å². The maximum absolute atomic E-state index is 13.8. The van der Waals surface area contributed by atoms with Crippen LogP contribution in [0.5, 0.6) is 5.75 Å². The number of carbonyl (C=O) groups excluding carboxylic acids is 1. The van der Waals surface area contributed by atoms with Crippen LogP contribution in [0, 0.1) is 0 Å². The number of aromatic hydroxyl groups is 1. The van der Waals surface area contributed by atoms with Crippen LogP contribution in [0.3, 0.4) is 0 Å². The molecule has 1 aliphatic rings. The zero-order chi connectivity index (χ0) is 25.0. The number of anilines is 1. The Hall–Kier alpha value is -4.62. The monoisotopic (exact) mass is 478 g/mol. The van der Waals surface area contributed by atoms with Crippen LogP contribution in [0.25, 0.3) is 22.2 Å². The van der Waals surface area contributed by atoms with Gasteiger partial charge in [0.05, 0.1) is 17.7 Å². The molecule has 2 heterocycles. The molecule has 2 N–H and O–H groups in total. The number of para-hydroxylation sites is 1. The van der Waals surface area contributed by atoms with Gasteiger partial charge in [-0.05, 0) is 28.8 Å². The molecule has 0 spiro atoms. The van der Waals surface area contributed by atoms with E-state index in [1.54, 1.807) is 24.3 Å². The molecule has 0 saturated heterocycles. The van der Waals surface area contributed by atoms with E-state index >= 15 is 0 Å². The molecule has 0 aliphatic carbocycles. The molecule has 0 radical (unpaired) electrons. The number of aromatic nitrogens is 1. The van der Waals surface area contributed by atoms with Crippen LogP contribution in [0.15, 0.2) is 100 Å². The first-order valence-electron chi connectivity index (χ1n) is 11.5. The van der Waals surface area contributed by atoms with Gasteiger partial charge in [0.25, 0.3) is 5.91 Å². The van der Waals surface area contributed by atoms with Crippen molar-refractivity contribution >= 4 is 22.7 Å². The largest absolute Gasteiger partial charge is 0.507 e. The topological polar surface area (TPSA) is 95.9 Å². The fraction of sp³-hybridized carbons (Fsp3) is 0.103. The zero-order valence-corrected chi connectivity index (χ0v) is 19.4. The van der Waals surface area contributed by atoms with Crippen molar-refractivity contribution in [2.24, 2.45) is 7.05 Å². The molecule has 1 unspecified atom stereocenters. The van der Waals surface area contributed by atoms with E-state index in [0.717, 1.165) is 16.7 Å². The van der Waals surface area contributed by atoms with Crippen LogP contribution in [-0.2, 0) is 24.0 Å². The third kappa shape index (κ3) is 3.17. The van der Waals surface area contributed by atoms with E-state index in [4.69, 9.17) is 4.42 Å². The molecule has 178 valence electrons. The fourth-order valence-electron chi connectivity index (χ4n) is 4.92. The number of aliphatic hydroxyl groups is 1. The minimum absolute atomic E-state index is 0.0382. The molecule has 0 fully saturated rings.